The van der Waals surface area contributed by atoms with Crippen molar-refractivity contribution < 1.29 is 0 Å². The maximum atomic E-state index is 4.07. The molecule has 0 aliphatic heterocycles. The summed E-state index contributed by atoms with van der Waals surface area (Å²) < 4.78 is 2.14. The van der Waals surface area contributed by atoms with Crippen molar-refractivity contribution >= 4 is 15.9 Å². The number of rotatable bonds is 1. The average molecular weight is 232 g/mol. The molecule has 1 aromatic rings. The van der Waals surface area contributed by atoms with Crippen LogP contribution in [-0.4, -0.2) is 14.8 Å². The van der Waals surface area contributed by atoms with Crippen molar-refractivity contribution in [1.82, 2.24) is 14.8 Å². The second-order valence-corrected chi connectivity index (χ2v) is 4.36. The largest absolute Gasteiger partial charge is 0.309 e. The van der Waals surface area contributed by atoms with Gasteiger partial charge in [0.15, 0.2) is 0 Å². The summed E-state index contributed by atoms with van der Waals surface area (Å²) in [6.07, 6.45) is 0. The third-order valence-corrected chi connectivity index (χ3v) is 2.18. The average Bonchev–Trinajstić information content (AvgIpc) is 2.29. The minimum atomic E-state index is 0.0662. The summed E-state index contributed by atoms with van der Waals surface area (Å²) in [6, 6.07) is 0. The van der Waals surface area contributed by atoms with Gasteiger partial charge in [0.25, 0.3) is 0 Å². The van der Waals surface area contributed by atoms with Crippen molar-refractivity contribution in [2.24, 2.45) is 0 Å². The third kappa shape index (κ3) is 1.68. The lowest BCUT2D eigenvalue weighted by molar-refractivity contribution is 0.378. The number of hydrogen-bond acceptors (Lipinski definition) is 2. The Morgan fingerprint density at radius 1 is 1.33 bits per heavy atom. The van der Waals surface area contributed by atoms with Gasteiger partial charge in [0.2, 0.25) is 0 Å². The molecule has 0 unspecified atom stereocenters. The van der Waals surface area contributed by atoms with Crippen LogP contribution in [0.25, 0.3) is 0 Å². The van der Waals surface area contributed by atoms with E-state index in [0.717, 1.165) is 17.0 Å². The van der Waals surface area contributed by atoms with E-state index >= 15 is 0 Å². The van der Waals surface area contributed by atoms with Gasteiger partial charge < -0.3 is 4.57 Å². The number of alkyl halides is 1. The summed E-state index contributed by atoms with van der Waals surface area (Å²) in [6.45, 7) is 8.42. The summed E-state index contributed by atoms with van der Waals surface area (Å²) in [4.78, 5) is 0. The van der Waals surface area contributed by atoms with Crippen LogP contribution in [0.15, 0.2) is 0 Å². The normalized spacial score (nSPS) is 12.1. The van der Waals surface area contributed by atoms with E-state index in [0.29, 0.717) is 0 Å². The molecule has 1 rings (SSSR count). The molecule has 12 heavy (non-hydrogen) atoms. The number of aromatic nitrogens is 3. The Morgan fingerprint density at radius 2 is 1.92 bits per heavy atom. The molecule has 0 bridgehead atoms. The van der Waals surface area contributed by atoms with Crippen LogP contribution in [0.3, 0.4) is 0 Å². The Hall–Kier alpha value is -0.380. The van der Waals surface area contributed by atoms with E-state index in [1.807, 2.05) is 6.92 Å². The highest BCUT2D eigenvalue weighted by Crippen LogP contribution is 2.19. The van der Waals surface area contributed by atoms with Gasteiger partial charge in [0.05, 0.1) is 5.33 Å². The molecule has 0 spiro atoms. The van der Waals surface area contributed by atoms with Crippen molar-refractivity contribution in [3.63, 3.8) is 0 Å². The van der Waals surface area contributed by atoms with Crippen LogP contribution in [0.1, 0.15) is 32.4 Å². The Kier molecular flexibility index (Phi) is 2.56. The molecule has 0 saturated carbocycles. The Bertz CT molecular complexity index is 272. The van der Waals surface area contributed by atoms with Crippen LogP contribution in [-0.2, 0) is 10.9 Å². The van der Waals surface area contributed by atoms with Crippen molar-refractivity contribution in [3.05, 3.63) is 11.6 Å². The van der Waals surface area contributed by atoms with Gasteiger partial charge in [-0.3, -0.25) is 0 Å². The van der Waals surface area contributed by atoms with Gasteiger partial charge in [-0.2, -0.15) is 0 Å². The molecule has 0 fully saturated rings. The smallest absolute Gasteiger partial charge is 0.144 e. The molecule has 1 aromatic heterocycles. The van der Waals surface area contributed by atoms with Crippen LogP contribution in [0.4, 0.5) is 0 Å². The summed E-state index contributed by atoms with van der Waals surface area (Å²) >= 11 is 3.39. The lowest BCUT2D eigenvalue weighted by Crippen LogP contribution is -2.25. The lowest BCUT2D eigenvalue weighted by atomic mass is 10.1. The van der Waals surface area contributed by atoms with Gasteiger partial charge in [-0.1, -0.05) is 15.9 Å². The molecular weight excluding hydrogens is 218 g/mol. The van der Waals surface area contributed by atoms with Crippen molar-refractivity contribution in [2.75, 3.05) is 0 Å². The van der Waals surface area contributed by atoms with Crippen LogP contribution < -0.4 is 0 Å². The van der Waals surface area contributed by atoms with Gasteiger partial charge in [0, 0.05) is 5.54 Å². The fourth-order valence-corrected chi connectivity index (χ4v) is 1.73. The second kappa shape index (κ2) is 3.17. The van der Waals surface area contributed by atoms with Crippen LogP contribution in [0, 0.1) is 6.92 Å². The molecule has 68 valence electrons. The summed E-state index contributed by atoms with van der Waals surface area (Å²) in [5, 5.41) is 8.86. The van der Waals surface area contributed by atoms with Gasteiger partial charge in [-0.25, -0.2) is 0 Å². The molecule has 0 saturated heterocycles. The molecular formula is C8H14BrN3. The van der Waals surface area contributed by atoms with E-state index in [2.05, 4.69) is 51.5 Å². The Balaban J connectivity index is 3.19. The minimum Gasteiger partial charge on any atom is -0.309 e. The molecule has 3 nitrogen and oxygen atoms in total. The summed E-state index contributed by atoms with van der Waals surface area (Å²) in [5.41, 5.74) is 0.0662. The standard InChI is InChI=1S/C8H14BrN3/c1-6-10-11-7(5-9)12(6)8(2,3)4/h5H2,1-4H3. The zero-order valence-corrected chi connectivity index (χ0v) is 9.51. The fraction of sp³-hybridized carbons (Fsp3) is 0.750. The summed E-state index contributed by atoms with van der Waals surface area (Å²) in [5.74, 6) is 1.96. The second-order valence-electron chi connectivity index (χ2n) is 3.80. The van der Waals surface area contributed by atoms with E-state index in [-0.39, 0.29) is 5.54 Å². The first-order chi connectivity index (χ1) is 5.46. The highest BCUT2D eigenvalue weighted by atomic mass is 79.9. The molecule has 0 aliphatic carbocycles. The first-order valence-corrected chi connectivity index (χ1v) is 5.06. The number of aryl methyl sites for hydroxylation is 1. The highest BCUT2D eigenvalue weighted by Gasteiger charge is 2.19. The predicted molar refractivity (Wildman–Crippen MR) is 52.4 cm³/mol. The minimum absolute atomic E-state index is 0.0662. The maximum absolute atomic E-state index is 4.07. The van der Waals surface area contributed by atoms with E-state index < -0.39 is 0 Å². The topological polar surface area (TPSA) is 30.7 Å². The van der Waals surface area contributed by atoms with Crippen LogP contribution >= 0.6 is 15.9 Å². The molecule has 0 N–H and O–H groups in total. The van der Waals surface area contributed by atoms with Crippen molar-refractivity contribution in [3.8, 4) is 0 Å². The molecule has 0 radical (unpaired) electrons. The number of nitrogens with zero attached hydrogens (tertiary/aromatic N) is 3. The van der Waals surface area contributed by atoms with Gasteiger partial charge in [-0.15, -0.1) is 10.2 Å². The fourth-order valence-electron chi connectivity index (χ4n) is 1.37. The van der Waals surface area contributed by atoms with E-state index in [1.54, 1.807) is 0 Å². The van der Waals surface area contributed by atoms with Crippen LogP contribution in [0.2, 0.25) is 0 Å². The first-order valence-electron chi connectivity index (χ1n) is 3.94. The Labute approximate surface area is 81.3 Å². The third-order valence-electron chi connectivity index (χ3n) is 1.68. The predicted octanol–water partition coefficient (Wildman–Crippen LogP) is 2.24. The molecule has 0 aliphatic rings. The van der Waals surface area contributed by atoms with E-state index in [4.69, 9.17) is 0 Å². The van der Waals surface area contributed by atoms with Gasteiger partial charge in [-0.05, 0) is 27.7 Å². The van der Waals surface area contributed by atoms with Crippen LogP contribution in [0.5, 0.6) is 0 Å². The van der Waals surface area contributed by atoms with Crippen molar-refractivity contribution in [1.29, 1.82) is 0 Å². The molecule has 0 amide bonds. The molecule has 1 heterocycles. The SMILES string of the molecule is Cc1nnc(CBr)n1C(C)(C)C. The Morgan fingerprint density at radius 3 is 2.25 bits per heavy atom. The number of halogens is 1. The summed E-state index contributed by atoms with van der Waals surface area (Å²) in [7, 11) is 0. The van der Waals surface area contributed by atoms with Gasteiger partial charge >= 0.3 is 0 Å². The molecule has 0 atom stereocenters. The first kappa shape index (κ1) is 9.71. The molecule has 0 aromatic carbocycles. The van der Waals surface area contributed by atoms with Gasteiger partial charge in [0.1, 0.15) is 11.6 Å². The number of hydrogen-bond donors (Lipinski definition) is 0. The monoisotopic (exact) mass is 231 g/mol. The highest BCUT2D eigenvalue weighted by molar-refractivity contribution is 9.08. The molecule has 4 heteroatoms. The zero-order valence-electron chi connectivity index (χ0n) is 7.93. The van der Waals surface area contributed by atoms with E-state index in [1.165, 1.54) is 0 Å². The van der Waals surface area contributed by atoms with Crippen molar-refractivity contribution in [2.45, 2.75) is 38.6 Å². The lowest BCUT2D eigenvalue weighted by Gasteiger charge is -2.23. The zero-order chi connectivity index (χ0) is 9.35. The van der Waals surface area contributed by atoms with E-state index in [9.17, 15) is 0 Å². The quantitative estimate of drug-likeness (QED) is 0.695. The maximum Gasteiger partial charge on any atom is 0.144 e.